The predicted octanol–water partition coefficient (Wildman–Crippen LogP) is 3.07. The molecule has 0 unspecified atom stereocenters. The fourth-order valence-electron chi connectivity index (χ4n) is 2.26. The highest BCUT2D eigenvalue weighted by molar-refractivity contribution is 9.10. The first-order valence-corrected chi connectivity index (χ1v) is 7.58. The molecule has 1 aliphatic carbocycles. The quantitative estimate of drug-likeness (QED) is 0.874. The standard InChI is InChI=1S/C12H17BrN2OS.ClH/c13-9-4-5-17-11(9)7-15-12(16)6-8-2-1-3-10(8)14;/h4-5,8,10H,1-3,6-7,14H2,(H,15,16);1H/t8-,10+;/m0./s1. The number of amides is 1. The third-order valence-electron chi connectivity index (χ3n) is 3.30. The lowest BCUT2D eigenvalue weighted by atomic mass is 10.00. The molecular weight excluding hydrogens is 336 g/mol. The summed E-state index contributed by atoms with van der Waals surface area (Å²) in [7, 11) is 0. The number of thiophene rings is 1. The van der Waals surface area contributed by atoms with Crippen LogP contribution in [0.2, 0.25) is 0 Å². The zero-order chi connectivity index (χ0) is 12.3. The van der Waals surface area contributed by atoms with E-state index in [1.807, 2.05) is 11.4 Å². The minimum absolute atomic E-state index is 0. The van der Waals surface area contributed by atoms with Crippen molar-refractivity contribution in [3.8, 4) is 0 Å². The smallest absolute Gasteiger partial charge is 0.220 e. The van der Waals surface area contributed by atoms with E-state index >= 15 is 0 Å². The molecule has 0 bridgehead atoms. The molecule has 0 aromatic carbocycles. The SMILES string of the molecule is Cl.N[C@@H]1CCC[C@H]1CC(=O)NCc1sccc1Br. The van der Waals surface area contributed by atoms with Crippen molar-refractivity contribution in [2.45, 2.75) is 38.3 Å². The Balaban J connectivity index is 0.00000162. The van der Waals surface area contributed by atoms with Crippen LogP contribution in [0.1, 0.15) is 30.6 Å². The summed E-state index contributed by atoms with van der Waals surface area (Å²) in [6, 6.07) is 2.22. The molecule has 3 N–H and O–H groups in total. The van der Waals surface area contributed by atoms with Crippen LogP contribution in [0.3, 0.4) is 0 Å². The molecule has 0 radical (unpaired) electrons. The maximum atomic E-state index is 11.8. The molecule has 1 aromatic rings. The zero-order valence-corrected chi connectivity index (χ0v) is 13.2. The van der Waals surface area contributed by atoms with E-state index in [9.17, 15) is 4.79 Å². The van der Waals surface area contributed by atoms with Gasteiger partial charge in [0.05, 0.1) is 6.54 Å². The number of nitrogens with one attached hydrogen (secondary N) is 1. The van der Waals surface area contributed by atoms with Gasteiger partial charge in [-0.25, -0.2) is 0 Å². The number of hydrogen-bond donors (Lipinski definition) is 2. The fraction of sp³-hybridized carbons (Fsp3) is 0.583. The Kier molecular flexibility index (Phi) is 6.63. The van der Waals surface area contributed by atoms with Gasteiger partial charge in [0.25, 0.3) is 0 Å². The minimum atomic E-state index is 0. The van der Waals surface area contributed by atoms with Gasteiger partial charge >= 0.3 is 0 Å². The number of rotatable bonds is 4. The lowest BCUT2D eigenvalue weighted by Crippen LogP contribution is -2.31. The third kappa shape index (κ3) is 4.23. The summed E-state index contributed by atoms with van der Waals surface area (Å²) >= 11 is 5.10. The van der Waals surface area contributed by atoms with Crippen LogP contribution in [0.4, 0.5) is 0 Å². The Morgan fingerprint density at radius 1 is 1.56 bits per heavy atom. The first-order chi connectivity index (χ1) is 8.16. The van der Waals surface area contributed by atoms with Crippen LogP contribution in [0, 0.1) is 5.92 Å². The van der Waals surface area contributed by atoms with Gasteiger partial charge in [-0.3, -0.25) is 4.79 Å². The second-order valence-electron chi connectivity index (χ2n) is 4.53. The van der Waals surface area contributed by atoms with Crippen LogP contribution in [-0.4, -0.2) is 11.9 Å². The number of nitrogens with two attached hydrogens (primary N) is 1. The van der Waals surface area contributed by atoms with Gasteiger partial charge in [-0.1, -0.05) is 6.42 Å². The number of hydrogen-bond acceptors (Lipinski definition) is 3. The van der Waals surface area contributed by atoms with Crippen LogP contribution in [-0.2, 0) is 11.3 Å². The van der Waals surface area contributed by atoms with Crippen molar-refractivity contribution in [3.63, 3.8) is 0 Å². The topological polar surface area (TPSA) is 55.1 Å². The van der Waals surface area contributed by atoms with Crippen LogP contribution in [0.5, 0.6) is 0 Å². The molecule has 0 aliphatic heterocycles. The molecule has 0 saturated heterocycles. The van der Waals surface area contributed by atoms with Gasteiger partial charge in [-0.15, -0.1) is 23.7 Å². The average molecular weight is 354 g/mol. The molecule has 1 saturated carbocycles. The molecular formula is C12H18BrClN2OS. The molecule has 2 rings (SSSR count). The van der Waals surface area contributed by atoms with E-state index in [1.54, 1.807) is 11.3 Å². The molecule has 1 heterocycles. The monoisotopic (exact) mass is 352 g/mol. The maximum Gasteiger partial charge on any atom is 0.220 e. The molecule has 18 heavy (non-hydrogen) atoms. The second-order valence-corrected chi connectivity index (χ2v) is 6.38. The van der Waals surface area contributed by atoms with E-state index in [1.165, 1.54) is 0 Å². The Morgan fingerprint density at radius 3 is 2.89 bits per heavy atom. The van der Waals surface area contributed by atoms with Crippen molar-refractivity contribution in [1.29, 1.82) is 0 Å². The fourth-order valence-corrected chi connectivity index (χ4v) is 3.69. The molecule has 1 aliphatic rings. The Bertz CT molecular complexity index is 399. The Labute approximate surface area is 126 Å². The Morgan fingerprint density at radius 2 is 2.33 bits per heavy atom. The lowest BCUT2D eigenvalue weighted by molar-refractivity contribution is -0.122. The maximum absolute atomic E-state index is 11.8. The number of carbonyl (C=O) groups is 1. The van der Waals surface area contributed by atoms with Crippen molar-refractivity contribution in [3.05, 3.63) is 20.8 Å². The van der Waals surface area contributed by atoms with E-state index in [0.29, 0.717) is 18.9 Å². The summed E-state index contributed by atoms with van der Waals surface area (Å²) in [6.45, 7) is 0.610. The molecule has 1 fully saturated rings. The van der Waals surface area contributed by atoms with Crippen LogP contribution in [0.15, 0.2) is 15.9 Å². The lowest BCUT2D eigenvalue weighted by Gasteiger charge is -2.14. The molecule has 102 valence electrons. The highest BCUT2D eigenvalue weighted by atomic mass is 79.9. The van der Waals surface area contributed by atoms with Crippen LogP contribution < -0.4 is 11.1 Å². The minimum Gasteiger partial charge on any atom is -0.351 e. The summed E-state index contributed by atoms with van der Waals surface area (Å²) in [6.07, 6.45) is 3.89. The number of carbonyl (C=O) groups excluding carboxylic acids is 1. The molecule has 0 spiro atoms. The van der Waals surface area contributed by atoms with Crippen molar-refractivity contribution in [1.82, 2.24) is 5.32 Å². The highest BCUT2D eigenvalue weighted by Crippen LogP contribution is 2.27. The van der Waals surface area contributed by atoms with E-state index in [2.05, 4.69) is 21.2 Å². The van der Waals surface area contributed by atoms with Crippen molar-refractivity contribution in [2.24, 2.45) is 11.7 Å². The largest absolute Gasteiger partial charge is 0.351 e. The summed E-state index contributed by atoms with van der Waals surface area (Å²) in [5.74, 6) is 0.495. The molecule has 2 atom stereocenters. The van der Waals surface area contributed by atoms with Gasteiger partial charge < -0.3 is 11.1 Å². The van der Waals surface area contributed by atoms with E-state index < -0.39 is 0 Å². The highest BCUT2D eigenvalue weighted by Gasteiger charge is 2.25. The van der Waals surface area contributed by atoms with Gasteiger partial charge in [-0.05, 0) is 46.1 Å². The number of halogens is 2. The summed E-state index contributed by atoms with van der Waals surface area (Å²) < 4.78 is 1.07. The van der Waals surface area contributed by atoms with Crippen molar-refractivity contribution in [2.75, 3.05) is 0 Å². The van der Waals surface area contributed by atoms with Gasteiger partial charge in [0.2, 0.25) is 5.91 Å². The van der Waals surface area contributed by atoms with E-state index in [0.717, 1.165) is 28.6 Å². The van der Waals surface area contributed by atoms with Crippen molar-refractivity contribution >= 4 is 45.6 Å². The van der Waals surface area contributed by atoms with Gasteiger partial charge in [0, 0.05) is 21.8 Å². The summed E-state index contributed by atoms with van der Waals surface area (Å²) in [5, 5.41) is 4.97. The van der Waals surface area contributed by atoms with Crippen LogP contribution >= 0.6 is 39.7 Å². The van der Waals surface area contributed by atoms with Crippen molar-refractivity contribution < 1.29 is 4.79 Å². The predicted molar refractivity (Wildman–Crippen MR) is 81.0 cm³/mol. The first-order valence-electron chi connectivity index (χ1n) is 5.91. The molecule has 1 aromatic heterocycles. The zero-order valence-electron chi connectivity index (χ0n) is 10.0. The second kappa shape index (κ2) is 7.48. The van der Waals surface area contributed by atoms with Gasteiger partial charge in [0.1, 0.15) is 0 Å². The summed E-state index contributed by atoms with van der Waals surface area (Å²) in [4.78, 5) is 12.9. The third-order valence-corrected chi connectivity index (χ3v) is 5.23. The first kappa shape index (κ1) is 16.0. The molecule has 3 nitrogen and oxygen atoms in total. The summed E-state index contributed by atoms with van der Waals surface area (Å²) in [5.41, 5.74) is 5.96. The molecule has 6 heteroatoms. The Hall–Kier alpha value is -0.100. The van der Waals surface area contributed by atoms with Gasteiger partial charge in [-0.2, -0.15) is 0 Å². The normalized spacial score (nSPS) is 22.6. The average Bonchev–Trinajstić information content (AvgIpc) is 2.86. The molecule has 1 amide bonds. The van der Waals surface area contributed by atoms with Crippen LogP contribution in [0.25, 0.3) is 0 Å². The van der Waals surface area contributed by atoms with E-state index in [-0.39, 0.29) is 24.4 Å². The van der Waals surface area contributed by atoms with E-state index in [4.69, 9.17) is 5.73 Å². The van der Waals surface area contributed by atoms with Gasteiger partial charge in [0.15, 0.2) is 0 Å².